The first-order valence-electron chi connectivity index (χ1n) is 5.56. The molecule has 0 N–H and O–H groups in total. The predicted octanol–water partition coefficient (Wildman–Crippen LogP) is 1.78. The average molecular weight is 266 g/mol. The van der Waals surface area contributed by atoms with Crippen LogP contribution in [0, 0.1) is 5.92 Å². The molecule has 0 aliphatic heterocycles. The summed E-state index contributed by atoms with van der Waals surface area (Å²) in [5.74, 6) is -1.04. The van der Waals surface area contributed by atoms with Gasteiger partial charge >= 0.3 is 11.9 Å². The van der Waals surface area contributed by atoms with Crippen molar-refractivity contribution in [3.63, 3.8) is 0 Å². The summed E-state index contributed by atoms with van der Waals surface area (Å²) in [6.07, 6.45) is 3.55. The molecule has 0 amide bonds. The Balaban J connectivity index is 4.27. The SMILES string of the molecule is C=CC(=C)OCC(COC(=O)C=C)COC(=O)C=C. The molecule has 5 heteroatoms. The minimum Gasteiger partial charge on any atom is -0.494 e. The van der Waals surface area contributed by atoms with Crippen LogP contribution in [0.2, 0.25) is 0 Å². The number of hydrogen-bond donors (Lipinski definition) is 0. The molecule has 0 unspecified atom stereocenters. The molecule has 0 fully saturated rings. The van der Waals surface area contributed by atoms with Gasteiger partial charge in [0.25, 0.3) is 0 Å². The third-order valence-corrected chi connectivity index (χ3v) is 1.99. The Labute approximate surface area is 112 Å². The van der Waals surface area contributed by atoms with E-state index in [1.165, 1.54) is 6.08 Å². The van der Waals surface area contributed by atoms with E-state index in [2.05, 4.69) is 26.3 Å². The number of carbonyl (C=O) groups is 2. The van der Waals surface area contributed by atoms with Crippen molar-refractivity contribution in [3.8, 4) is 0 Å². The van der Waals surface area contributed by atoms with E-state index in [-0.39, 0.29) is 25.7 Å². The van der Waals surface area contributed by atoms with Gasteiger partial charge in [0.2, 0.25) is 0 Å². The molecule has 0 rings (SSSR count). The lowest BCUT2D eigenvalue weighted by molar-refractivity contribution is -0.143. The van der Waals surface area contributed by atoms with Crippen LogP contribution in [0.1, 0.15) is 0 Å². The molecule has 0 spiro atoms. The van der Waals surface area contributed by atoms with E-state index in [0.717, 1.165) is 12.2 Å². The van der Waals surface area contributed by atoms with Crippen LogP contribution in [0.4, 0.5) is 0 Å². The number of carbonyl (C=O) groups excluding carboxylic acids is 2. The Morgan fingerprint density at radius 1 is 0.842 bits per heavy atom. The van der Waals surface area contributed by atoms with E-state index < -0.39 is 11.9 Å². The quantitative estimate of drug-likeness (QED) is 0.261. The summed E-state index contributed by atoms with van der Waals surface area (Å²) in [6.45, 7) is 13.9. The number of esters is 2. The zero-order valence-corrected chi connectivity index (χ0v) is 10.8. The minimum atomic E-state index is -0.553. The molecule has 0 saturated carbocycles. The van der Waals surface area contributed by atoms with Gasteiger partial charge in [0, 0.05) is 12.2 Å². The lowest BCUT2D eigenvalue weighted by atomic mass is 10.2. The monoisotopic (exact) mass is 266 g/mol. The lowest BCUT2D eigenvalue weighted by Gasteiger charge is -2.17. The number of rotatable bonds is 10. The Bertz CT molecular complexity index is 313. The summed E-state index contributed by atoms with van der Waals surface area (Å²) >= 11 is 0. The Morgan fingerprint density at radius 2 is 1.26 bits per heavy atom. The zero-order valence-electron chi connectivity index (χ0n) is 10.8. The molecule has 0 heterocycles. The third kappa shape index (κ3) is 8.43. The molecule has 104 valence electrons. The summed E-state index contributed by atoms with van der Waals surface area (Å²) in [7, 11) is 0. The normalized spacial score (nSPS) is 9.32. The van der Waals surface area contributed by atoms with Crippen LogP contribution in [0.25, 0.3) is 0 Å². The van der Waals surface area contributed by atoms with E-state index in [4.69, 9.17) is 14.2 Å². The highest BCUT2D eigenvalue weighted by Gasteiger charge is 2.14. The van der Waals surface area contributed by atoms with Gasteiger partial charge in [-0.3, -0.25) is 0 Å². The van der Waals surface area contributed by atoms with E-state index in [1.54, 1.807) is 0 Å². The predicted molar refractivity (Wildman–Crippen MR) is 71.1 cm³/mol. The van der Waals surface area contributed by atoms with Gasteiger partial charge in [0.05, 0.1) is 12.5 Å². The molecule has 19 heavy (non-hydrogen) atoms. The van der Waals surface area contributed by atoms with Gasteiger partial charge in [-0.2, -0.15) is 0 Å². The maximum absolute atomic E-state index is 11.0. The van der Waals surface area contributed by atoms with Crippen molar-refractivity contribution >= 4 is 11.9 Å². The largest absolute Gasteiger partial charge is 0.494 e. The Hall–Kier alpha value is -2.30. The van der Waals surface area contributed by atoms with E-state index >= 15 is 0 Å². The van der Waals surface area contributed by atoms with Crippen molar-refractivity contribution in [3.05, 3.63) is 50.3 Å². The smallest absolute Gasteiger partial charge is 0.330 e. The highest BCUT2D eigenvalue weighted by atomic mass is 16.6. The lowest BCUT2D eigenvalue weighted by Crippen LogP contribution is -2.24. The molecule has 0 bridgehead atoms. The van der Waals surface area contributed by atoms with Crippen LogP contribution in [-0.4, -0.2) is 31.8 Å². The fourth-order valence-electron chi connectivity index (χ4n) is 0.946. The van der Waals surface area contributed by atoms with E-state index in [0.29, 0.717) is 5.76 Å². The van der Waals surface area contributed by atoms with Gasteiger partial charge in [0.15, 0.2) is 0 Å². The molecule has 0 aromatic rings. The molecule has 0 aliphatic carbocycles. The first-order valence-corrected chi connectivity index (χ1v) is 5.56. The second-order valence-electron chi connectivity index (χ2n) is 3.52. The maximum Gasteiger partial charge on any atom is 0.330 e. The van der Waals surface area contributed by atoms with Crippen molar-refractivity contribution in [2.75, 3.05) is 19.8 Å². The number of hydrogen-bond acceptors (Lipinski definition) is 5. The zero-order chi connectivity index (χ0) is 14.7. The Kier molecular flexibility index (Phi) is 8.53. The van der Waals surface area contributed by atoms with Crippen molar-refractivity contribution in [2.45, 2.75) is 0 Å². The molecule has 5 nitrogen and oxygen atoms in total. The van der Waals surface area contributed by atoms with Crippen LogP contribution in [0.5, 0.6) is 0 Å². The van der Waals surface area contributed by atoms with Gasteiger partial charge in [-0.15, -0.1) is 0 Å². The minimum absolute atomic E-state index is 0.0414. The van der Waals surface area contributed by atoms with Crippen LogP contribution in [0.15, 0.2) is 50.3 Å². The van der Waals surface area contributed by atoms with Crippen LogP contribution in [-0.2, 0) is 23.8 Å². The summed E-state index contributed by atoms with van der Waals surface area (Å²) in [5, 5.41) is 0. The molecular formula is C14H18O5. The maximum atomic E-state index is 11.0. The highest BCUT2D eigenvalue weighted by Crippen LogP contribution is 2.05. The number of ether oxygens (including phenoxy) is 3. The van der Waals surface area contributed by atoms with Gasteiger partial charge in [-0.25, -0.2) is 9.59 Å². The first kappa shape index (κ1) is 16.7. The second-order valence-corrected chi connectivity index (χ2v) is 3.52. The van der Waals surface area contributed by atoms with Crippen molar-refractivity contribution in [2.24, 2.45) is 5.92 Å². The number of allylic oxidation sites excluding steroid dienone is 1. The van der Waals surface area contributed by atoms with Crippen molar-refractivity contribution in [1.29, 1.82) is 0 Å². The third-order valence-electron chi connectivity index (χ3n) is 1.99. The molecule has 0 aromatic heterocycles. The molecule has 0 aromatic carbocycles. The summed E-state index contributed by atoms with van der Waals surface area (Å²) in [5.41, 5.74) is 0. The van der Waals surface area contributed by atoms with Crippen LogP contribution in [0.3, 0.4) is 0 Å². The van der Waals surface area contributed by atoms with Crippen molar-refractivity contribution in [1.82, 2.24) is 0 Å². The molecule has 0 aliphatic rings. The summed E-state index contributed by atoms with van der Waals surface area (Å²) in [6, 6.07) is 0. The van der Waals surface area contributed by atoms with Gasteiger partial charge in [-0.1, -0.05) is 26.3 Å². The van der Waals surface area contributed by atoms with E-state index in [9.17, 15) is 9.59 Å². The Morgan fingerprint density at radius 3 is 1.63 bits per heavy atom. The molecular weight excluding hydrogens is 248 g/mol. The summed E-state index contributed by atoms with van der Waals surface area (Å²) < 4.78 is 15.0. The second kappa shape index (κ2) is 9.70. The van der Waals surface area contributed by atoms with Gasteiger partial charge in [-0.05, 0) is 6.08 Å². The average Bonchev–Trinajstić information content (AvgIpc) is 2.44. The van der Waals surface area contributed by atoms with Crippen LogP contribution < -0.4 is 0 Å². The van der Waals surface area contributed by atoms with Gasteiger partial charge in [0.1, 0.15) is 19.0 Å². The topological polar surface area (TPSA) is 61.8 Å². The fraction of sp³-hybridized carbons (Fsp3) is 0.286. The van der Waals surface area contributed by atoms with Crippen molar-refractivity contribution < 1.29 is 23.8 Å². The van der Waals surface area contributed by atoms with Crippen LogP contribution >= 0.6 is 0 Å². The summed E-state index contributed by atoms with van der Waals surface area (Å²) in [4.78, 5) is 21.9. The standard InChI is InChI=1S/C14H18O5/c1-5-11(4)17-8-12(9-18-13(15)6-2)10-19-14(16)7-3/h5-7,12H,1-4,8-10H2. The molecule has 0 saturated heterocycles. The fourth-order valence-corrected chi connectivity index (χ4v) is 0.946. The highest BCUT2D eigenvalue weighted by molar-refractivity contribution is 5.81. The van der Waals surface area contributed by atoms with Gasteiger partial charge < -0.3 is 14.2 Å². The first-order chi connectivity index (χ1) is 9.03. The molecule has 0 radical (unpaired) electrons. The molecule has 0 atom stereocenters. The van der Waals surface area contributed by atoms with E-state index in [1.807, 2.05) is 0 Å².